The number of nitro groups is 1. The van der Waals surface area contributed by atoms with Gasteiger partial charge in [0.15, 0.2) is 0 Å². The summed E-state index contributed by atoms with van der Waals surface area (Å²) in [7, 11) is 1.77. The summed E-state index contributed by atoms with van der Waals surface area (Å²) in [5.74, 6) is -0.184. The van der Waals surface area contributed by atoms with Gasteiger partial charge < -0.3 is 16.4 Å². The molecule has 4 N–H and O–H groups in total. The van der Waals surface area contributed by atoms with E-state index >= 15 is 0 Å². The van der Waals surface area contributed by atoms with Crippen LogP contribution in [0.3, 0.4) is 0 Å². The average Bonchev–Trinajstić information content (AvgIpc) is 2.54. The van der Waals surface area contributed by atoms with E-state index in [2.05, 4.69) is 10.2 Å². The van der Waals surface area contributed by atoms with E-state index in [1.165, 1.54) is 12.3 Å². The Balaban J connectivity index is 2.39. The monoisotopic (exact) mass is 312 g/mol. The summed E-state index contributed by atoms with van der Waals surface area (Å²) < 4.78 is 0. The van der Waals surface area contributed by atoms with E-state index in [-0.39, 0.29) is 11.6 Å². The van der Waals surface area contributed by atoms with E-state index in [0.29, 0.717) is 11.3 Å². The van der Waals surface area contributed by atoms with Crippen molar-refractivity contribution in [3.63, 3.8) is 0 Å². The van der Waals surface area contributed by atoms with Crippen LogP contribution in [0.15, 0.2) is 58.7 Å². The molecule has 0 atom stereocenters. The molecule has 23 heavy (non-hydrogen) atoms. The molecule has 0 bridgehead atoms. The summed E-state index contributed by atoms with van der Waals surface area (Å²) in [4.78, 5) is 12.7. The standard InChI is InChI=1S/C15H16N6O2/c1-20(12-5-3-2-4-6-12)13-8-7-11(9-14(13)21(22)23)10-18-19-15(16)17/h2-10H,1H3,(H4,16,17,19)/b18-10-. The minimum Gasteiger partial charge on any atom is -0.369 e. The van der Waals surface area contributed by atoms with Crippen molar-refractivity contribution in [3.05, 3.63) is 64.2 Å². The first kappa shape index (κ1) is 16.0. The molecule has 0 unspecified atom stereocenters. The van der Waals surface area contributed by atoms with Crippen LogP contribution in [0.4, 0.5) is 17.1 Å². The van der Waals surface area contributed by atoms with Gasteiger partial charge in [0, 0.05) is 24.4 Å². The maximum absolute atomic E-state index is 11.4. The highest BCUT2D eigenvalue weighted by Gasteiger charge is 2.18. The molecular weight excluding hydrogens is 296 g/mol. The summed E-state index contributed by atoms with van der Waals surface area (Å²) in [6.07, 6.45) is 1.35. The normalized spacial score (nSPS) is 10.5. The molecule has 0 aromatic heterocycles. The fraction of sp³-hybridized carbons (Fsp3) is 0.0667. The summed E-state index contributed by atoms with van der Waals surface area (Å²) >= 11 is 0. The van der Waals surface area contributed by atoms with Crippen LogP contribution in [-0.4, -0.2) is 24.1 Å². The predicted molar refractivity (Wildman–Crippen MR) is 91.0 cm³/mol. The molecule has 0 aliphatic heterocycles. The number of nitro benzene ring substituents is 1. The molecule has 118 valence electrons. The summed E-state index contributed by atoms with van der Waals surface area (Å²) in [6.45, 7) is 0. The number of benzene rings is 2. The first-order chi connectivity index (χ1) is 11.0. The van der Waals surface area contributed by atoms with E-state index in [1.54, 1.807) is 24.1 Å². The van der Waals surface area contributed by atoms with Gasteiger partial charge in [0.25, 0.3) is 5.69 Å². The molecule has 0 radical (unpaired) electrons. The summed E-state index contributed by atoms with van der Waals surface area (Å²) in [5.41, 5.74) is 12.1. The summed E-state index contributed by atoms with van der Waals surface area (Å²) in [6, 6.07) is 14.1. The van der Waals surface area contributed by atoms with Gasteiger partial charge in [-0.3, -0.25) is 10.1 Å². The van der Waals surface area contributed by atoms with Crippen LogP contribution < -0.4 is 16.4 Å². The Bertz CT molecular complexity index is 754. The maximum atomic E-state index is 11.4. The van der Waals surface area contributed by atoms with Crippen molar-refractivity contribution in [2.75, 3.05) is 11.9 Å². The topological polar surface area (TPSA) is 123 Å². The smallest absolute Gasteiger partial charge is 0.293 e. The molecular formula is C15H16N6O2. The van der Waals surface area contributed by atoms with Gasteiger partial charge in [0.2, 0.25) is 5.96 Å². The number of nitrogens with two attached hydrogens (primary N) is 2. The highest BCUT2D eigenvalue weighted by molar-refractivity contribution is 5.85. The Morgan fingerprint density at radius 1 is 1.22 bits per heavy atom. The molecule has 8 heteroatoms. The number of anilines is 2. The number of guanidine groups is 1. The van der Waals surface area contributed by atoms with E-state index in [0.717, 1.165) is 5.69 Å². The number of hydrogen-bond donors (Lipinski definition) is 2. The molecule has 0 heterocycles. The van der Waals surface area contributed by atoms with Crippen molar-refractivity contribution in [3.8, 4) is 0 Å². The van der Waals surface area contributed by atoms with Gasteiger partial charge in [-0.1, -0.05) is 24.3 Å². The van der Waals surface area contributed by atoms with Gasteiger partial charge in [-0.2, -0.15) is 5.10 Å². The Kier molecular flexibility index (Phi) is 4.88. The second kappa shape index (κ2) is 7.03. The molecule has 2 aromatic rings. The van der Waals surface area contributed by atoms with E-state index in [1.807, 2.05) is 30.3 Å². The van der Waals surface area contributed by atoms with E-state index in [4.69, 9.17) is 11.5 Å². The van der Waals surface area contributed by atoms with Gasteiger partial charge in [-0.05, 0) is 18.2 Å². The van der Waals surface area contributed by atoms with Gasteiger partial charge >= 0.3 is 0 Å². The van der Waals surface area contributed by atoms with Gasteiger partial charge in [-0.15, -0.1) is 5.10 Å². The first-order valence-electron chi connectivity index (χ1n) is 6.68. The maximum Gasteiger partial charge on any atom is 0.293 e. The zero-order valence-corrected chi connectivity index (χ0v) is 12.5. The highest BCUT2D eigenvalue weighted by Crippen LogP contribution is 2.32. The molecule has 0 fully saturated rings. The van der Waals surface area contributed by atoms with Crippen LogP contribution in [0.5, 0.6) is 0 Å². The molecule has 0 saturated heterocycles. The number of para-hydroxylation sites is 1. The molecule has 0 amide bonds. The number of nitrogens with zero attached hydrogens (tertiary/aromatic N) is 4. The van der Waals surface area contributed by atoms with Crippen molar-refractivity contribution in [2.24, 2.45) is 21.7 Å². The lowest BCUT2D eigenvalue weighted by Crippen LogP contribution is -2.21. The zero-order chi connectivity index (χ0) is 16.8. The Morgan fingerprint density at radius 3 is 2.52 bits per heavy atom. The Labute approximate surface area is 132 Å². The molecule has 2 rings (SSSR count). The zero-order valence-electron chi connectivity index (χ0n) is 12.5. The fourth-order valence-corrected chi connectivity index (χ4v) is 2.00. The summed E-state index contributed by atoms with van der Waals surface area (Å²) in [5, 5.41) is 18.5. The molecule has 2 aromatic carbocycles. The number of hydrogen-bond acceptors (Lipinski definition) is 5. The second-order valence-corrected chi connectivity index (χ2v) is 4.67. The second-order valence-electron chi connectivity index (χ2n) is 4.67. The third kappa shape index (κ3) is 4.03. The van der Waals surface area contributed by atoms with Crippen LogP contribution in [-0.2, 0) is 0 Å². The van der Waals surface area contributed by atoms with Crippen molar-refractivity contribution in [1.29, 1.82) is 0 Å². The molecule has 0 aliphatic carbocycles. The van der Waals surface area contributed by atoms with E-state index in [9.17, 15) is 10.1 Å². The SMILES string of the molecule is CN(c1ccccc1)c1ccc(/C=N\N=C(N)N)cc1[N+](=O)[O-]. The van der Waals surface area contributed by atoms with Crippen LogP contribution in [0.25, 0.3) is 0 Å². The lowest BCUT2D eigenvalue weighted by molar-refractivity contribution is -0.384. The number of rotatable bonds is 5. The Hall–Kier alpha value is -3.42. The Morgan fingerprint density at radius 2 is 1.91 bits per heavy atom. The van der Waals surface area contributed by atoms with Crippen LogP contribution >= 0.6 is 0 Å². The average molecular weight is 312 g/mol. The van der Waals surface area contributed by atoms with Crippen molar-refractivity contribution in [1.82, 2.24) is 0 Å². The highest BCUT2D eigenvalue weighted by atomic mass is 16.6. The minimum absolute atomic E-state index is 0.0370. The lowest BCUT2D eigenvalue weighted by atomic mass is 10.1. The van der Waals surface area contributed by atoms with Crippen molar-refractivity contribution >= 4 is 29.2 Å². The molecule has 0 aliphatic rings. The van der Waals surface area contributed by atoms with Gasteiger partial charge in [-0.25, -0.2) is 0 Å². The van der Waals surface area contributed by atoms with Crippen LogP contribution in [0, 0.1) is 10.1 Å². The third-order valence-corrected chi connectivity index (χ3v) is 3.08. The van der Waals surface area contributed by atoms with E-state index < -0.39 is 4.92 Å². The quantitative estimate of drug-likeness (QED) is 0.378. The van der Waals surface area contributed by atoms with Crippen LogP contribution in [0.1, 0.15) is 5.56 Å². The van der Waals surface area contributed by atoms with Crippen molar-refractivity contribution in [2.45, 2.75) is 0 Å². The lowest BCUT2D eigenvalue weighted by Gasteiger charge is -2.19. The fourth-order valence-electron chi connectivity index (χ4n) is 2.00. The largest absolute Gasteiger partial charge is 0.369 e. The van der Waals surface area contributed by atoms with Gasteiger partial charge in [0.05, 0.1) is 11.1 Å². The van der Waals surface area contributed by atoms with Crippen molar-refractivity contribution < 1.29 is 4.92 Å². The minimum atomic E-state index is -0.438. The van der Waals surface area contributed by atoms with Gasteiger partial charge in [0.1, 0.15) is 5.69 Å². The molecule has 0 saturated carbocycles. The third-order valence-electron chi connectivity index (χ3n) is 3.08. The predicted octanol–water partition coefficient (Wildman–Crippen LogP) is 1.97. The van der Waals surface area contributed by atoms with Crippen LogP contribution in [0.2, 0.25) is 0 Å². The first-order valence-corrected chi connectivity index (χ1v) is 6.68. The molecule has 8 nitrogen and oxygen atoms in total. The molecule has 0 spiro atoms.